The van der Waals surface area contributed by atoms with Gasteiger partial charge in [-0.15, -0.1) is 0 Å². The van der Waals surface area contributed by atoms with Gasteiger partial charge in [0.1, 0.15) is 6.61 Å². The quantitative estimate of drug-likeness (QED) is 0.0154. The highest BCUT2D eigenvalue weighted by atomic mass is 31.2. The number of unbranched alkanes of at least 4 members (excludes halogenated alkanes) is 6. The van der Waals surface area contributed by atoms with Gasteiger partial charge in [-0.25, -0.2) is 4.57 Å². The maximum atomic E-state index is 12.6. The molecule has 0 bridgehead atoms. The summed E-state index contributed by atoms with van der Waals surface area (Å²) in [6.07, 6.45) is 51.2. The summed E-state index contributed by atoms with van der Waals surface area (Å²) in [5, 5.41) is 0. The molecule has 0 aromatic heterocycles. The van der Waals surface area contributed by atoms with Gasteiger partial charge in [-0.1, -0.05) is 136 Å². The SMILES string of the molecule is CC/C=C\C/C=C\C/C=C\C/C=C\C/C=C\CCCCCC(=O)OC[C@H](COP(=O)(O)OCCN)OC(=O)CCCC(=O)/C=C/C=C\C/C=C\C/C=C\CCCCC. The Balaban J connectivity index is 4.45. The number of ketones is 1. The third-order valence-corrected chi connectivity index (χ3v) is 9.10. The number of hydrogen-bond donors (Lipinski definition) is 2. The van der Waals surface area contributed by atoms with Gasteiger partial charge in [-0.05, 0) is 89.5 Å². The van der Waals surface area contributed by atoms with Crippen LogP contribution in [0.15, 0.2) is 109 Å². The largest absolute Gasteiger partial charge is 0.472 e. The molecule has 0 aliphatic carbocycles. The van der Waals surface area contributed by atoms with E-state index < -0.39 is 32.5 Å². The van der Waals surface area contributed by atoms with Crippen molar-refractivity contribution in [3.63, 3.8) is 0 Å². The molecule has 58 heavy (non-hydrogen) atoms. The molecule has 0 fully saturated rings. The van der Waals surface area contributed by atoms with E-state index >= 15 is 0 Å². The Bertz CT molecular complexity index is 1370. The molecule has 0 amide bonds. The van der Waals surface area contributed by atoms with Crippen LogP contribution in [0.25, 0.3) is 0 Å². The van der Waals surface area contributed by atoms with Gasteiger partial charge >= 0.3 is 19.8 Å². The lowest BCUT2D eigenvalue weighted by Gasteiger charge is -2.19. The average Bonchev–Trinajstić information content (AvgIpc) is 3.20. The molecule has 0 aliphatic heterocycles. The van der Waals surface area contributed by atoms with Gasteiger partial charge in [0.25, 0.3) is 0 Å². The molecule has 0 heterocycles. The van der Waals surface area contributed by atoms with Gasteiger partial charge in [0.2, 0.25) is 0 Å². The van der Waals surface area contributed by atoms with Crippen LogP contribution in [0.1, 0.15) is 136 Å². The minimum Gasteiger partial charge on any atom is -0.462 e. The first kappa shape index (κ1) is 54.3. The van der Waals surface area contributed by atoms with Crippen molar-refractivity contribution in [1.82, 2.24) is 0 Å². The number of carbonyl (C=O) groups excluding carboxylic acids is 3. The Morgan fingerprint density at radius 1 is 0.586 bits per heavy atom. The van der Waals surface area contributed by atoms with Crippen LogP contribution in [0.2, 0.25) is 0 Å². The van der Waals surface area contributed by atoms with Crippen molar-refractivity contribution in [3.8, 4) is 0 Å². The van der Waals surface area contributed by atoms with Crippen molar-refractivity contribution in [2.24, 2.45) is 5.73 Å². The van der Waals surface area contributed by atoms with Gasteiger partial charge in [0.05, 0.1) is 13.2 Å². The predicted molar refractivity (Wildman–Crippen MR) is 238 cm³/mol. The molecule has 0 saturated carbocycles. The van der Waals surface area contributed by atoms with Crippen molar-refractivity contribution >= 4 is 25.5 Å². The fraction of sp³-hybridized carbons (Fsp3) is 0.553. The van der Waals surface area contributed by atoms with E-state index in [4.69, 9.17) is 24.3 Å². The molecule has 1 unspecified atom stereocenters. The second-order valence-electron chi connectivity index (χ2n) is 13.5. The Hall–Kier alpha value is -3.66. The van der Waals surface area contributed by atoms with Gasteiger partial charge in [-0.2, -0.15) is 0 Å². The second kappa shape index (κ2) is 41.5. The summed E-state index contributed by atoms with van der Waals surface area (Å²) >= 11 is 0. The number of esters is 2. The predicted octanol–water partition coefficient (Wildman–Crippen LogP) is 11.6. The number of phosphoric ester groups is 1. The lowest BCUT2D eigenvalue weighted by Crippen LogP contribution is -2.29. The topological polar surface area (TPSA) is 151 Å². The molecule has 0 aliphatic rings. The average molecular weight is 828 g/mol. The lowest BCUT2D eigenvalue weighted by molar-refractivity contribution is -0.161. The van der Waals surface area contributed by atoms with Crippen molar-refractivity contribution < 1.29 is 42.4 Å². The smallest absolute Gasteiger partial charge is 0.462 e. The van der Waals surface area contributed by atoms with E-state index in [0.29, 0.717) is 6.42 Å². The summed E-state index contributed by atoms with van der Waals surface area (Å²) in [7, 11) is -4.46. The zero-order valence-corrected chi connectivity index (χ0v) is 36.4. The van der Waals surface area contributed by atoms with E-state index in [0.717, 1.165) is 70.6 Å². The monoisotopic (exact) mass is 828 g/mol. The standard InChI is InChI=1S/C47H74NO9P/c1-3-5-7-9-11-13-15-17-18-19-20-21-22-24-26-28-30-32-34-38-46(50)54-42-45(43-56-58(52,53)55-41-40-48)57-47(51)39-35-37-44(49)36-33-31-29-27-25-23-16-14-12-10-8-6-4-2/h5,7,11-14,17-18,20-21,23-26,29,31,33,36,45H,3-4,6,8-10,15-16,19,22,27-28,30,32,34-35,37-43,48H2,1-2H3,(H,52,53)/b7-5-,13-11-,14-12-,18-17-,21-20-,25-23-,26-24-,31-29-,36-33+/t45-/m1/s1. The number of hydrogen-bond acceptors (Lipinski definition) is 9. The Morgan fingerprint density at radius 2 is 1.12 bits per heavy atom. The Morgan fingerprint density at radius 3 is 1.69 bits per heavy atom. The van der Waals surface area contributed by atoms with E-state index in [1.165, 1.54) is 25.3 Å². The molecule has 0 aromatic rings. The first-order chi connectivity index (χ1) is 28.2. The summed E-state index contributed by atoms with van der Waals surface area (Å²) in [5.74, 6) is -1.27. The molecular weight excluding hydrogens is 753 g/mol. The van der Waals surface area contributed by atoms with E-state index in [2.05, 4.69) is 98.9 Å². The summed E-state index contributed by atoms with van der Waals surface area (Å²) in [6.45, 7) is 3.23. The number of ether oxygens (including phenoxy) is 2. The Labute approximate surface area is 350 Å². The van der Waals surface area contributed by atoms with Crippen LogP contribution in [-0.2, 0) is 37.5 Å². The minimum atomic E-state index is -4.46. The minimum absolute atomic E-state index is 0.00512. The van der Waals surface area contributed by atoms with Crippen molar-refractivity contribution in [3.05, 3.63) is 109 Å². The maximum absolute atomic E-state index is 12.6. The zero-order chi connectivity index (χ0) is 42.6. The van der Waals surface area contributed by atoms with Crippen molar-refractivity contribution in [2.75, 3.05) is 26.4 Å². The molecule has 326 valence electrons. The highest BCUT2D eigenvalue weighted by Gasteiger charge is 2.26. The third kappa shape index (κ3) is 40.5. The van der Waals surface area contributed by atoms with Crippen LogP contribution < -0.4 is 5.73 Å². The zero-order valence-electron chi connectivity index (χ0n) is 35.5. The van der Waals surface area contributed by atoms with Crippen molar-refractivity contribution in [2.45, 2.75) is 142 Å². The molecule has 0 spiro atoms. The number of allylic oxidation sites excluding steroid dienone is 18. The first-order valence-electron chi connectivity index (χ1n) is 21.3. The van der Waals surface area contributed by atoms with E-state index in [9.17, 15) is 23.8 Å². The summed E-state index contributed by atoms with van der Waals surface area (Å²) in [5.41, 5.74) is 5.33. The van der Waals surface area contributed by atoms with E-state index in [-0.39, 0.29) is 51.2 Å². The van der Waals surface area contributed by atoms with E-state index in [1.807, 2.05) is 12.2 Å². The normalized spacial score (nSPS) is 14.3. The fourth-order valence-corrected chi connectivity index (χ4v) is 5.73. The van der Waals surface area contributed by atoms with Crippen LogP contribution in [0, 0.1) is 0 Å². The molecule has 11 heteroatoms. The molecule has 0 aromatic carbocycles. The maximum Gasteiger partial charge on any atom is 0.472 e. The molecule has 2 atom stereocenters. The molecular formula is C47H74NO9P. The van der Waals surface area contributed by atoms with Gasteiger partial charge in [0.15, 0.2) is 11.9 Å². The molecule has 0 saturated heterocycles. The number of rotatable bonds is 38. The number of phosphoric acid groups is 1. The van der Waals surface area contributed by atoms with Crippen LogP contribution in [0.5, 0.6) is 0 Å². The molecule has 0 rings (SSSR count). The lowest BCUT2D eigenvalue weighted by atomic mass is 10.1. The van der Waals surface area contributed by atoms with Gasteiger partial charge in [0, 0.05) is 25.8 Å². The summed E-state index contributed by atoms with van der Waals surface area (Å²) in [4.78, 5) is 47.1. The molecule has 10 nitrogen and oxygen atoms in total. The van der Waals surface area contributed by atoms with Crippen LogP contribution >= 0.6 is 7.82 Å². The van der Waals surface area contributed by atoms with Gasteiger partial charge in [-0.3, -0.25) is 23.4 Å². The summed E-state index contributed by atoms with van der Waals surface area (Å²) < 4.78 is 32.5. The number of carbonyl (C=O) groups is 3. The molecule has 0 radical (unpaired) electrons. The molecule has 3 N–H and O–H groups in total. The first-order valence-corrected chi connectivity index (χ1v) is 22.8. The third-order valence-electron chi connectivity index (χ3n) is 8.12. The second-order valence-corrected chi connectivity index (χ2v) is 15.0. The van der Waals surface area contributed by atoms with Crippen molar-refractivity contribution in [1.29, 1.82) is 0 Å². The van der Waals surface area contributed by atoms with Crippen LogP contribution in [-0.4, -0.2) is 55.1 Å². The van der Waals surface area contributed by atoms with Crippen LogP contribution in [0.4, 0.5) is 0 Å². The van der Waals surface area contributed by atoms with Crippen LogP contribution in [0.3, 0.4) is 0 Å². The van der Waals surface area contributed by atoms with Gasteiger partial charge < -0.3 is 20.1 Å². The fourth-order valence-electron chi connectivity index (χ4n) is 4.96. The Kier molecular flexibility index (Phi) is 38.9. The van der Waals surface area contributed by atoms with E-state index in [1.54, 1.807) is 6.08 Å². The number of nitrogens with two attached hydrogens (primary N) is 1. The highest BCUT2D eigenvalue weighted by molar-refractivity contribution is 7.47. The summed E-state index contributed by atoms with van der Waals surface area (Å²) in [6, 6.07) is 0. The highest BCUT2D eigenvalue weighted by Crippen LogP contribution is 2.43.